The van der Waals surface area contributed by atoms with Crippen LogP contribution in [0, 0.1) is 13.8 Å². The van der Waals surface area contributed by atoms with Crippen molar-refractivity contribution in [2.75, 3.05) is 10.2 Å². The van der Waals surface area contributed by atoms with E-state index in [0.29, 0.717) is 21.4 Å². The normalized spacial score (nSPS) is 17.5. The van der Waals surface area contributed by atoms with Crippen LogP contribution >= 0.6 is 23.2 Å². The highest BCUT2D eigenvalue weighted by Crippen LogP contribution is 2.30. The highest BCUT2D eigenvalue weighted by Gasteiger charge is 2.40. The van der Waals surface area contributed by atoms with Gasteiger partial charge in [-0.15, -0.1) is 0 Å². The van der Waals surface area contributed by atoms with Gasteiger partial charge in [-0.05, 0) is 49.2 Å². The Morgan fingerprint density at radius 1 is 1.08 bits per heavy atom. The molecular formula is C18H16Cl2N2O2. The van der Waals surface area contributed by atoms with Crippen LogP contribution in [-0.4, -0.2) is 17.9 Å². The minimum atomic E-state index is -0.616. The Balaban J connectivity index is 1.86. The SMILES string of the molecule is Cc1cccc(N2C(=O)CC(Nc3ccc(Cl)c(Cl)c3)C2=O)c1C. The number of aryl methyl sites for hydroxylation is 1. The first-order valence-corrected chi connectivity index (χ1v) is 8.28. The molecule has 1 N–H and O–H groups in total. The second kappa shape index (κ2) is 6.46. The Hall–Kier alpha value is -2.04. The van der Waals surface area contributed by atoms with Crippen LogP contribution in [0.4, 0.5) is 11.4 Å². The van der Waals surface area contributed by atoms with Crippen molar-refractivity contribution in [2.45, 2.75) is 26.3 Å². The second-order valence-corrected chi connectivity index (χ2v) is 6.63. The quantitative estimate of drug-likeness (QED) is 0.825. The minimum Gasteiger partial charge on any atom is -0.373 e. The summed E-state index contributed by atoms with van der Waals surface area (Å²) in [5.41, 5.74) is 3.25. The predicted molar refractivity (Wildman–Crippen MR) is 96.9 cm³/mol. The van der Waals surface area contributed by atoms with Crippen LogP contribution in [0.25, 0.3) is 0 Å². The molecule has 1 atom stereocenters. The molecule has 1 aliphatic rings. The maximum absolute atomic E-state index is 12.7. The minimum absolute atomic E-state index is 0.104. The van der Waals surface area contributed by atoms with Crippen molar-refractivity contribution in [3.05, 3.63) is 57.6 Å². The molecule has 6 heteroatoms. The number of imide groups is 1. The van der Waals surface area contributed by atoms with Gasteiger partial charge in [-0.25, -0.2) is 4.90 Å². The maximum atomic E-state index is 12.7. The van der Waals surface area contributed by atoms with Gasteiger partial charge in [-0.2, -0.15) is 0 Å². The number of nitrogens with zero attached hydrogens (tertiary/aromatic N) is 1. The number of amides is 2. The summed E-state index contributed by atoms with van der Waals surface area (Å²) in [5, 5.41) is 3.90. The molecule has 2 aromatic carbocycles. The van der Waals surface area contributed by atoms with Crippen molar-refractivity contribution in [3.8, 4) is 0 Å². The van der Waals surface area contributed by atoms with Crippen LogP contribution in [0.2, 0.25) is 10.0 Å². The summed E-state index contributed by atoms with van der Waals surface area (Å²) in [6, 6.07) is 9.99. The van der Waals surface area contributed by atoms with Crippen LogP contribution in [0.5, 0.6) is 0 Å². The Labute approximate surface area is 150 Å². The second-order valence-electron chi connectivity index (χ2n) is 5.82. The zero-order valence-corrected chi connectivity index (χ0v) is 14.8. The molecule has 1 saturated heterocycles. The predicted octanol–water partition coefficient (Wildman–Crippen LogP) is 4.35. The van der Waals surface area contributed by atoms with Gasteiger partial charge < -0.3 is 5.32 Å². The van der Waals surface area contributed by atoms with E-state index in [1.807, 2.05) is 26.0 Å². The van der Waals surface area contributed by atoms with Gasteiger partial charge in [-0.1, -0.05) is 35.3 Å². The summed E-state index contributed by atoms with van der Waals surface area (Å²) in [4.78, 5) is 26.4. The smallest absolute Gasteiger partial charge is 0.256 e. The van der Waals surface area contributed by atoms with Crippen molar-refractivity contribution in [3.63, 3.8) is 0 Å². The van der Waals surface area contributed by atoms with E-state index in [2.05, 4.69) is 5.32 Å². The lowest BCUT2D eigenvalue weighted by molar-refractivity contribution is -0.121. The number of benzene rings is 2. The van der Waals surface area contributed by atoms with Crippen molar-refractivity contribution in [1.29, 1.82) is 0 Å². The number of hydrogen-bond acceptors (Lipinski definition) is 3. The van der Waals surface area contributed by atoms with Gasteiger partial charge >= 0.3 is 0 Å². The highest BCUT2D eigenvalue weighted by molar-refractivity contribution is 6.42. The van der Waals surface area contributed by atoms with E-state index >= 15 is 0 Å². The molecule has 0 aromatic heterocycles. The highest BCUT2D eigenvalue weighted by atomic mass is 35.5. The number of hydrogen-bond donors (Lipinski definition) is 1. The lowest BCUT2D eigenvalue weighted by Crippen LogP contribution is -2.35. The molecular weight excluding hydrogens is 347 g/mol. The molecule has 0 bridgehead atoms. The van der Waals surface area contributed by atoms with Gasteiger partial charge in [0.1, 0.15) is 6.04 Å². The molecule has 1 heterocycles. The number of carbonyl (C=O) groups is 2. The molecule has 1 fully saturated rings. The van der Waals surface area contributed by atoms with E-state index in [9.17, 15) is 9.59 Å². The molecule has 1 unspecified atom stereocenters. The zero-order valence-electron chi connectivity index (χ0n) is 13.3. The van der Waals surface area contributed by atoms with Crippen molar-refractivity contribution >= 4 is 46.4 Å². The molecule has 124 valence electrons. The van der Waals surface area contributed by atoms with Crippen LogP contribution < -0.4 is 10.2 Å². The van der Waals surface area contributed by atoms with E-state index in [1.54, 1.807) is 24.3 Å². The van der Waals surface area contributed by atoms with E-state index < -0.39 is 6.04 Å². The number of halogens is 2. The topological polar surface area (TPSA) is 49.4 Å². The molecule has 3 rings (SSSR count). The number of nitrogens with one attached hydrogen (secondary N) is 1. The van der Waals surface area contributed by atoms with Gasteiger partial charge in [-0.3, -0.25) is 9.59 Å². The van der Waals surface area contributed by atoms with Crippen LogP contribution in [-0.2, 0) is 9.59 Å². The summed E-state index contributed by atoms with van der Waals surface area (Å²) in [7, 11) is 0. The third-order valence-electron chi connectivity index (χ3n) is 4.22. The summed E-state index contributed by atoms with van der Waals surface area (Å²) >= 11 is 11.9. The third-order valence-corrected chi connectivity index (χ3v) is 4.96. The molecule has 0 aliphatic carbocycles. The third kappa shape index (κ3) is 2.99. The number of rotatable bonds is 3. The maximum Gasteiger partial charge on any atom is 0.256 e. The number of anilines is 2. The summed E-state index contributed by atoms with van der Waals surface area (Å²) in [5.74, 6) is -0.481. The van der Waals surface area contributed by atoms with Gasteiger partial charge in [0.15, 0.2) is 0 Å². The monoisotopic (exact) mass is 362 g/mol. The molecule has 0 saturated carbocycles. The molecule has 4 nitrogen and oxygen atoms in total. The lowest BCUT2D eigenvalue weighted by atomic mass is 10.1. The Kier molecular flexibility index (Phi) is 4.52. The first-order chi connectivity index (χ1) is 11.4. The fourth-order valence-electron chi connectivity index (χ4n) is 2.76. The average Bonchev–Trinajstić information content (AvgIpc) is 2.80. The summed E-state index contributed by atoms with van der Waals surface area (Å²) in [6.07, 6.45) is 0.104. The zero-order chi connectivity index (χ0) is 17.4. The van der Waals surface area contributed by atoms with Crippen LogP contribution in [0.3, 0.4) is 0 Å². The van der Waals surface area contributed by atoms with E-state index in [-0.39, 0.29) is 18.2 Å². The molecule has 2 amide bonds. The number of carbonyl (C=O) groups excluding carboxylic acids is 2. The van der Waals surface area contributed by atoms with Gasteiger partial charge in [0.2, 0.25) is 5.91 Å². The lowest BCUT2D eigenvalue weighted by Gasteiger charge is -2.19. The Bertz CT molecular complexity index is 836. The van der Waals surface area contributed by atoms with Crippen molar-refractivity contribution in [1.82, 2.24) is 0 Å². The van der Waals surface area contributed by atoms with Crippen molar-refractivity contribution < 1.29 is 9.59 Å². The summed E-state index contributed by atoms with van der Waals surface area (Å²) in [6.45, 7) is 3.86. The standard InChI is InChI=1S/C18H16Cl2N2O2/c1-10-4-3-5-16(11(10)2)22-17(23)9-15(18(22)24)21-12-6-7-13(19)14(20)8-12/h3-8,15,21H,9H2,1-2H3. The molecule has 1 aliphatic heterocycles. The van der Waals surface area contributed by atoms with E-state index in [1.165, 1.54) is 4.90 Å². The fraction of sp³-hybridized carbons (Fsp3) is 0.222. The Morgan fingerprint density at radius 3 is 2.54 bits per heavy atom. The molecule has 0 radical (unpaired) electrons. The van der Waals surface area contributed by atoms with E-state index in [0.717, 1.165) is 11.1 Å². The molecule has 2 aromatic rings. The van der Waals surface area contributed by atoms with Gasteiger partial charge in [0, 0.05) is 5.69 Å². The molecule has 0 spiro atoms. The van der Waals surface area contributed by atoms with Gasteiger partial charge in [0.25, 0.3) is 5.91 Å². The average molecular weight is 363 g/mol. The largest absolute Gasteiger partial charge is 0.373 e. The Morgan fingerprint density at radius 2 is 1.83 bits per heavy atom. The van der Waals surface area contributed by atoms with Crippen LogP contribution in [0.1, 0.15) is 17.5 Å². The molecule has 24 heavy (non-hydrogen) atoms. The summed E-state index contributed by atoms with van der Waals surface area (Å²) < 4.78 is 0. The van der Waals surface area contributed by atoms with Crippen molar-refractivity contribution in [2.24, 2.45) is 0 Å². The first kappa shape index (κ1) is 16.8. The fourth-order valence-corrected chi connectivity index (χ4v) is 3.06. The van der Waals surface area contributed by atoms with Gasteiger partial charge in [0.05, 0.1) is 22.2 Å². The van der Waals surface area contributed by atoms with Crippen LogP contribution in [0.15, 0.2) is 36.4 Å². The first-order valence-electron chi connectivity index (χ1n) is 7.53. The van der Waals surface area contributed by atoms with E-state index in [4.69, 9.17) is 23.2 Å².